The molecule has 0 aliphatic rings. The lowest BCUT2D eigenvalue weighted by Gasteiger charge is -2.16. The van der Waals surface area contributed by atoms with Crippen molar-refractivity contribution < 1.29 is 13.5 Å². The van der Waals surface area contributed by atoms with Crippen LogP contribution in [0.2, 0.25) is 0 Å². The summed E-state index contributed by atoms with van der Waals surface area (Å²) in [4.78, 5) is 0. The van der Waals surface area contributed by atoms with E-state index in [2.05, 4.69) is 21.2 Å². The molecule has 1 unspecified atom stereocenters. The molecule has 5 heteroatoms. The molecule has 0 heterocycles. The van der Waals surface area contributed by atoms with E-state index in [1.54, 1.807) is 13.1 Å². The molecule has 2 nitrogen and oxygen atoms in total. The molecule has 1 N–H and O–H groups in total. The first kappa shape index (κ1) is 14.9. The second-order valence-corrected chi connectivity index (χ2v) is 5.32. The smallest absolute Gasteiger partial charge is 0.132 e. The Kier molecular flexibility index (Phi) is 4.73. The van der Waals surface area contributed by atoms with Crippen molar-refractivity contribution in [2.24, 2.45) is 0 Å². The third-order valence-corrected chi connectivity index (χ3v) is 3.39. The maximum Gasteiger partial charge on any atom is 0.132 e. The molecule has 1 atom stereocenters. The van der Waals surface area contributed by atoms with Crippen LogP contribution in [0.3, 0.4) is 0 Å². The van der Waals surface area contributed by atoms with Crippen molar-refractivity contribution in [2.45, 2.75) is 13.0 Å². The van der Waals surface area contributed by atoms with Gasteiger partial charge in [-0.25, -0.2) is 8.78 Å². The lowest BCUT2D eigenvalue weighted by atomic mass is 10.1. The van der Waals surface area contributed by atoms with Crippen molar-refractivity contribution in [1.82, 2.24) is 5.32 Å². The summed E-state index contributed by atoms with van der Waals surface area (Å²) in [6.45, 7) is 1.89. The molecule has 0 aromatic heterocycles. The van der Waals surface area contributed by atoms with Crippen LogP contribution in [0.25, 0.3) is 0 Å². The van der Waals surface area contributed by atoms with Gasteiger partial charge in [0.15, 0.2) is 0 Å². The van der Waals surface area contributed by atoms with Gasteiger partial charge in [0.05, 0.1) is 0 Å². The maximum absolute atomic E-state index is 13.4. The molecule has 0 amide bonds. The van der Waals surface area contributed by atoms with Crippen LogP contribution in [-0.4, -0.2) is 7.05 Å². The van der Waals surface area contributed by atoms with Gasteiger partial charge in [-0.15, -0.1) is 0 Å². The number of hydrogen-bond acceptors (Lipinski definition) is 2. The third kappa shape index (κ3) is 3.55. The van der Waals surface area contributed by atoms with E-state index in [-0.39, 0.29) is 11.9 Å². The lowest BCUT2D eigenvalue weighted by molar-refractivity contribution is 0.458. The molecule has 0 radical (unpaired) electrons. The van der Waals surface area contributed by atoms with Crippen molar-refractivity contribution in [3.63, 3.8) is 0 Å². The van der Waals surface area contributed by atoms with Gasteiger partial charge in [-0.05, 0) is 44.3 Å². The number of nitrogens with one attached hydrogen (secondary N) is 1. The standard InChI is InChI=1S/C15H14BrF2NO/c1-9(19-2)14-8-11(17)3-4-15(14)20-13-6-10(16)5-12(18)7-13/h3-9,19H,1-2H3. The fourth-order valence-corrected chi connectivity index (χ4v) is 2.26. The number of halogens is 3. The van der Waals surface area contributed by atoms with Crippen molar-refractivity contribution in [3.05, 3.63) is 58.1 Å². The molecule has 0 saturated carbocycles. The minimum Gasteiger partial charge on any atom is -0.457 e. The van der Waals surface area contributed by atoms with Gasteiger partial charge in [0.1, 0.15) is 23.1 Å². The molecule has 0 fully saturated rings. The van der Waals surface area contributed by atoms with Crippen LogP contribution in [0.4, 0.5) is 8.78 Å². The zero-order valence-electron chi connectivity index (χ0n) is 11.1. The van der Waals surface area contributed by atoms with E-state index in [0.29, 0.717) is 21.5 Å². The fraction of sp³-hybridized carbons (Fsp3) is 0.200. The Hall–Kier alpha value is -1.46. The van der Waals surface area contributed by atoms with Gasteiger partial charge >= 0.3 is 0 Å². The van der Waals surface area contributed by atoms with Gasteiger partial charge in [-0.1, -0.05) is 15.9 Å². The molecule has 2 aromatic rings. The van der Waals surface area contributed by atoms with E-state index in [9.17, 15) is 8.78 Å². The summed E-state index contributed by atoms with van der Waals surface area (Å²) in [5.74, 6) is 0.105. The summed E-state index contributed by atoms with van der Waals surface area (Å²) in [6, 6.07) is 8.45. The summed E-state index contributed by atoms with van der Waals surface area (Å²) in [7, 11) is 1.78. The number of benzene rings is 2. The van der Waals surface area contributed by atoms with Crippen LogP contribution in [0.5, 0.6) is 11.5 Å². The minimum absolute atomic E-state index is 0.0855. The fourth-order valence-electron chi connectivity index (χ4n) is 1.82. The summed E-state index contributed by atoms with van der Waals surface area (Å²) >= 11 is 3.21. The van der Waals surface area contributed by atoms with Gasteiger partial charge in [-0.2, -0.15) is 0 Å². The van der Waals surface area contributed by atoms with Gasteiger partial charge in [0, 0.05) is 22.1 Å². The van der Waals surface area contributed by atoms with Crippen LogP contribution in [0.15, 0.2) is 40.9 Å². The van der Waals surface area contributed by atoms with Crippen LogP contribution < -0.4 is 10.1 Å². The highest BCUT2D eigenvalue weighted by Gasteiger charge is 2.13. The molecular formula is C15H14BrF2NO. The summed E-state index contributed by atoms with van der Waals surface area (Å²) < 4.78 is 33.0. The summed E-state index contributed by atoms with van der Waals surface area (Å²) in [5.41, 5.74) is 0.674. The van der Waals surface area contributed by atoms with E-state index in [1.165, 1.54) is 30.3 Å². The van der Waals surface area contributed by atoms with Crippen LogP contribution in [0.1, 0.15) is 18.5 Å². The van der Waals surface area contributed by atoms with Gasteiger partial charge in [0.2, 0.25) is 0 Å². The van der Waals surface area contributed by atoms with E-state index in [4.69, 9.17) is 4.74 Å². The molecule has 0 bridgehead atoms. The van der Waals surface area contributed by atoms with Gasteiger partial charge in [0.25, 0.3) is 0 Å². The second kappa shape index (κ2) is 6.33. The first-order valence-corrected chi connectivity index (χ1v) is 6.89. The maximum atomic E-state index is 13.4. The molecule has 0 aliphatic heterocycles. The van der Waals surface area contributed by atoms with E-state index in [0.717, 1.165) is 0 Å². The molecule has 0 saturated heterocycles. The molecule has 0 spiro atoms. The highest BCUT2D eigenvalue weighted by atomic mass is 79.9. The predicted molar refractivity (Wildman–Crippen MR) is 78.0 cm³/mol. The SMILES string of the molecule is CNC(C)c1cc(F)ccc1Oc1cc(F)cc(Br)c1. The van der Waals surface area contributed by atoms with E-state index < -0.39 is 5.82 Å². The number of hydrogen-bond donors (Lipinski definition) is 1. The Morgan fingerprint density at radius 2 is 1.85 bits per heavy atom. The summed E-state index contributed by atoms with van der Waals surface area (Å²) in [5, 5.41) is 3.03. The van der Waals surface area contributed by atoms with Crippen LogP contribution in [0, 0.1) is 11.6 Å². The molecule has 2 aromatic carbocycles. The zero-order valence-corrected chi connectivity index (χ0v) is 12.7. The molecule has 2 rings (SSSR count). The molecule has 106 valence electrons. The Bertz CT molecular complexity index is 599. The average molecular weight is 342 g/mol. The average Bonchev–Trinajstić information content (AvgIpc) is 2.38. The zero-order chi connectivity index (χ0) is 14.7. The van der Waals surface area contributed by atoms with Gasteiger partial charge < -0.3 is 10.1 Å². The Morgan fingerprint density at radius 1 is 1.10 bits per heavy atom. The number of rotatable bonds is 4. The summed E-state index contributed by atoms with van der Waals surface area (Å²) in [6.07, 6.45) is 0. The van der Waals surface area contributed by atoms with Crippen molar-refractivity contribution in [1.29, 1.82) is 0 Å². The van der Waals surface area contributed by atoms with Crippen LogP contribution in [-0.2, 0) is 0 Å². The first-order valence-electron chi connectivity index (χ1n) is 6.10. The normalized spacial score (nSPS) is 12.2. The predicted octanol–water partition coefficient (Wildman–Crippen LogP) is 4.80. The molecule has 20 heavy (non-hydrogen) atoms. The van der Waals surface area contributed by atoms with Crippen LogP contribution >= 0.6 is 15.9 Å². The largest absolute Gasteiger partial charge is 0.457 e. The topological polar surface area (TPSA) is 21.3 Å². The molecular weight excluding hydrogens is 328 g/mol. The molecule has 0 aliphatic carbocycles. The highest BCUT2D eigenvalue weighted by Crippen LogP contribution is 2.31. The van der Waals surface area contributed by atoms with E-state index >= 15 is 0 Å². The van der Waals surface area contributed by atoms with Crippen molar-refractivity contribution >= 4 is 15.9 Å². The van der Waals surface area contributed by atoms with Gasteiger partial charge in [-0.3, -0.25) is 0 Å². The highest BCUT2D eigenvalue weighted by molar-refractivity contribution is 9.10. The Balaban J connectivity index is 2.37. The second-order valence-electron chi connectivity index (χ2n) is 4.40. The Labute approximate surface area is 124 Å². The lowest BCUT2D eigenvalue weighted by Crippen LogP contribution is -2.13. The van der Waals surface area contributed by atoms with Crippen molar-refractivity contribution in [3.8, 4) is 11.5 Å². The first-order chi connectivity index (χ1) is 9.49. The minimum atomic E-state index is -0.403. The quantitative estimate of drug-likeness (QED) is 0.862. The van der Waals surface area contributed by atoms with E-state index in [1.807, 2.05) is 6.92 Å². The number of ether oxygens (including phenoxy) is 1. The third-order valence-electron chi connectivity index (χ3n) is 2.94. The van der Waals surface area contributed by atoms with Crippen molar-refractivity contribution in [2.75, 3.05) is 7.05 Å². The Morgan fingerprint density at radius 3 is 2.50 bits per heavy atom. The monoisotopic (exact) mass is 341 g/mol.